The van der Waals surface area contributed by atoms with E-state index in [9.17, 15) is 4.79 Å². The van der Waals surface area contributed by atoms with Crippen LogP contribution in [0.25, 0.3) is 0 Å². The van der Waals surface area contributed by atoms with Gasteiger partial charge in [-0.15, -0.1) is 11.8 Å². The molecular weight excluding hydrogens is 354 g/mol. The largest absolute Gasteiger partial charge is 0.466 e. The highest BCUT2D eigenvalue weighted by molar-refractivity contribution is 7.99. The van der Waals surface area contributed by atoms with Crippen LogP contribution >= 0.6 is 11.8 Å². The molecule has 4 heteroatoms. The van der Waals surface area contributed by atoms with Gasteiger partial charge in [0, 0.05) is 16.7 Å². The van der Waals surface area contributed by atoms with Gasteiger partial charge in [-0.1, -0.05) is 25.8 Å². The molecule has 0 N–H and O–H groups in total. The van der Waals surface area contributed by atoms with E-state index in [1.54, 1.807) is 13.1 Å². The first-order valence-electron chi connectivity index (χ1n) is 9.29. The predicted octanol–water partition coefficient (Wildman–Crippen LogP) is 4.67. The van der Waals surface area contributed by atoms with Crippen molar-refractivity contribution in [2.24, 2.45) is 0 Å². The normalized spacial score (nSPS) is 14.7. The summed E-state index contributed by atoms with van der Waals surface area (Å²) in [4.78, 5) is 17.3. The van der Waals surface area contributed by atoms with Crippen LogP contribution in [-0.4, -0.2) is 23.3 Å². The summed E-state index contributed by atoms with van der Waals surface area (Å²) in [7, 11) is 0. The van der Waals surface area contributed by atoms with Crippen molar-refractivity contribution in [3.63, 3.8) is 0 Å². The van der Waals surface area contributed by atoms with Gasteiger partial charge in [0.25, 0.3) is 0 Å². The molecule has 1 aromatic heterocycles. The molecule has 2 aromatic rings. The van der Waals surface area contributed by atoms with E-state index >= 15 is 0 Å². The molecule has 3 nitrogen and oxygen atoms in total. The van der Waals surface area contributed by atoms with Crippen molar-refractivity contribution in [3.8, 4) is 11.8 Å². The molecule has 27 heavy (non-hydrogen) atoms. The van der Waals surface area contributed by atoms with E-state index in [0.717, 1.165) is 11.1 Å². The molecule has 1 aliphatic heterocycles. The zero-order valence-electron chi connectivity index (χ0n) is 16.4. The molecule has 1 aliphatic rings. The lowest BCUT2D eigenvalue weighted by Crippen LogP contribution is -2.23. The maximum absolute atomic E-state index is 11.5. The number of aryl methyl sites for hydroxylation is 1. The number of hydrogen-bond acceptors (Lipinski definition) is 4. The number of aromatic nitrogens is 1. The fourth-order valence-corrected chi connectivity index (χ4v) is 4.71. The van der Waals surface area contributed by atoms with Crippen molar-refractivity contribution in [1.82, 2.24) is 4.98 Å². The first-order valence-corrected chi connectivity index (χ1v) is 10.3. The maximum Gasteiger partial charge on any atom is 0.310 e. The minimum absolute atomic E-state index is 0.192. The van der Waals surface area contributed by atoms with Crippen molar-refractivity contribution in [1.29, 1.82) is 0 Å². The van der Waals surface area contributed by atoms with E-state index in [4.69, 9.17) is 4.74 Å². The number of nitrogens with zero attached hydrogens (tertiary/aromatic N) is 1. The number of thioether (sulfide) groups is 1. The van der Waals surface area contributed by atoms with Crippen LogP contribution in [0.5, 0.6) is 0 Å². The Bertz CT molecular complexity index is 904. The molecular formula is C23H25NO2S. The second kappa shape index (κ2) is 8.19. The Labute approximate surface area is 165 Å². The molecule has 0 unspecified atom stereocenters. The Balaban J connectivity index is 1.81. The summed E-state index contributed by atoms with van der Waals surface area (Å²) in [6.45, 7) is 8.93. The fraction of sp³-hybridized carbons (Fsp3) is 0.391. The van der Waals surface area contributed by atoms with Gasteiger partial charge in [0.05, 0.1) is 13.0 Å². The second-order valence-corrected chi connectivity index (χ2v) is 8.57. The lowest BCUT2D eigenvalue weighted by atomic mass is 9.80. The van der Waals surface area contributed by atoms with Gasteiger partial charge in [0.2, 0.25) is 0 Å². The van der Waals surface area contributed by atoms with Gasteiger partial charge in [0.1, 0.15) is 5.69 Å². The summed E-state index contributed by atoms with van der Waals surface area (Å²) in [5.74, 6) is 7.38. The minimum Gasteiger partial charge on any atom is -0.466 e. The second-order valence-electron chi connectivity index (χ2n) is 7.43. The van der Waals surface area contributed by atoms with E-state index < -0.39 is 0 Å². The summed E-state index contributed by atoms with van der Waals surface area (Å²) in [6, 6.07) is 8.25. The Morgan fingerprint density at radius 1 is 1.30 bits per heavy atom. The topological polar surface area (TPSA) is 39.2 Å². The third kappa shape index (κ3) is 4.73. The van der Waals surface area contributed by atoms with Crippen LogP contribution in [0.3, 0.4) is 0 Å². The van der Waals surface area contributed by atoms with Crippen molar-refractivity contribution >= 4 is 17.7 Å². The Hall–Kier alpha value is -2.25. The first-order chi connectivity index (χ1) is 12.9. The van der Waals surface area contributed by atoms with Crippen molar-refractivity contribution < 1.29 is 9.53 Å². The number of hydrogen-bond donors (Lipinski definition) is 0. The van der Waals surface area contributed by atoms with Gasteiger partial charge in [-0.2, -0.15) is 0 Å². The number of esters is 1. The highest BCUT2D eigenvalue weighted by Gasteiger charge is 2.28. The molecule has 0 radical (unpaired) electrons. The summed E-state index contributed by atoms with van der Waals surface area (Å²) in [6.07, 6.45) is 3.12. The zero-order chi connectivity index (χ0) is 19.4. The molecule has 140 valence electrons. The van der Waals surface area contributed by atoms with Crippen molar-refractivity contribution in [2.75, 3.05) is 12.4 Å². The molecule has 0 bridgehead atoms. The van der Waals surface area contributed by atoms with Crippen molar-refractivity contribution in [2.45, 2.75) is 50.8 Å². The van der Waals surface area contributed by atoms with E-state index in [1.807, 2.05) is 23.9 Å². The van der Waals surface area contributed by atoms with Gasteiger partial charge < -0.3 is 4.74 Å². The summed E-state index contributed by atoms with van der Waals surface area (Å²) in [5, 5.41) is 0. The van der Waals surface area contributed by atoms with E-state index in [0.29, 0.717) is 12.3 Å². The number of benzene rings is 1. The van der Waals surface area contributed by atoms with Gasteiger partial charge in [0.15, 0.2) is 0 Å². The van der Waals surface area contributed by atoms with Crippen LogP contribution in [0.4, 0.5) is 0 Å². The van der Waals surface area contributed by atoms with Crippen LogP contribution in [0, 0.1) is 18.8 Å². The predicted molar refractivity (Wildman–Crippen MR) is 110 cm³/mol. The average Bonchev–Trinajstić information content (AvgIpc) is 2.61. The van der Waals surface area contributed by atoms with Crippen LogP contribution in [-0.2, 0) is 21.4 Å². The van der Waals surface area contributed by atoms with Gasteiger partial charge in [-0.25, -0.2) is 4.98 Å². The lowest BCUT2D eigenvalue weighted by Gasteiger charge is -2.32. The maximum atomic E-state index is 11.5. The van der Waals surface area contributed by atoms with Crippen molar-refractivity contribution in [3.05, 3.63) is 58.4 Å². The molecule has 0 saturated heterocycles. The minimum atomic E-state index is -0.233. The molecule has 2 heterocycles. The van der Waals surface area contributed by atoms with Gasteiger partial charge >= 0.3 is 5.97 Å². The molecule has 0 amide bonds. The fourth-order valence-electron chi connectivity index (χ4n) is 3.13. The van der Waals surface area contributed by atoms with E-state index in [1.165, 1.54) is 28.2 Å². The van der Waals surface area contributed by atoms with Gasteiger partial charge in [-0.05, 0) is 72.2 Å². The third-order valence-electron chi connectivity index (χ3n) is 4.84. The summed E-state index contributed by atoms with van der Waals surface area (Å²) >= 11 is 1.94. The standard InChI is InChI=1S/C23H25NO2S/c1-5-26-22(25)13-17-6-8-19(24-15-17)9-7-18-14-20-21(12-16(18)2)27-11-10-23(20,3)4/h6,8,12,14-15H,5,10-11,13H2,1-4H3. The third-order valence-corrected chi connectivity index (χ3v) is 5.90. The molecule has 1 aromatic carbocycles. The number of fused-ring (bicyclic) bond motifs is 1. The smallest absolute Gasteiger partial charge is 0.310 e. The number of carbonyl (C=O) groups excluding carboxylic acids is 1. The average molecular weight is 380 g/mol. The number of pyridine rings is 1. The highest BCUT2D eigenvalue weighted by atomic mass is 32.2. The Kier molecular flexibility index (Phi) is 5.92. The van der Waals surface area contributed by atoms with E-state index in [-0.39, 0.29) is 17.8 Å². The molecule has 0 saturated carbocycles. The Morgan fingerprint density at radius 3 is 2.81 bits per heavy atom. The number of carbonyl (C=O) groups is 1. The SMILES string of the molecule is CCOC(=O)Cc1ccc(C#Cc2cc3c(cc2C)SCCC3(C)C)nc1. The molecule has 0 aliphatic carbocycles. The quantitative estimate of drug-likeness (QED) is 0.574. The van der Waals surface area contributed by atoms with E-state index in [2.05, 4.69) is 49.7 Å². The zero-order valence-corrected chi connectivity index (χ0v) is 17.2. The molecule has 0 spiro atoms. The highest BCUT2D eigenvalue weighted by Crippen LogP contribution is 2.42. The first kappa shape index (κ1) is 19.5. The van der Waals surface area contributed by atoms with Crippen LogP contribution < -0.4 is 0 Å². The molecule has 0 fully saturated rings. The monoisotopic (exact) mass is 379 g/mol. The summed E-state index contributed by atoms with van der Waals surface area (Å²) < 4.78 is 4.96. The number of ether oxygens (including phenoxy) is 1. The van der Waals surface area contributed by atoms with Gasteiger partial charge in [-0.3, -0.25) is 4.79 Å². The van der Waals surface area contributed by atoms with Crippen LogP contribution in [0.2, 0.25) is 0 Å². The summed E-state index contributed by atoms with van der Waals surface area (Å²) in [5.41, 5.74) is 5.38. The lowest BCUT2D eigenvalue weighted by molar-refractivity contribution is -0.142. The van der Waals surface area contributed by atoms with Crippen LogP contribution in [0.15, 0.2) is 35.4 Å². The molecule has 0 atom stereocenters. The van der Waals surface area contributed by atoms with Crippen LogP contribution in [0.1, 0.15) is 55.1 Å². The number of rotatable bonds is 3. The molecule has 3 rings (SSSR count). The Morgan fingerprint density at radius 2 is 2.11 bits per heavy atom.